The van der Waals surface area contributed by atoms with E-state index in [0.29, 0.717) is 17.0 Å². The van der Waals surface area contributed by atoms with E-state index in [1.165, 1.54) is 17.5 Å². The molecule has 1 saturated carbocycles. The van der Waals surface area contributed by atoms with Gasteiger partial charge in [0.15, 0.2) is 5.82 Å². The maximum absolute atomic E-state index is 13.8. The van der Waals surface area contributed by atoms with Crippen LogP contribution in [0.2, 0.25) is 0 Å². The lowest BCUT2D eigenvalue weighted by Crippen LogP contribution is -2.44. The minimum Gasteiger partial charge on any atom is -0.442 e. The molecular weight excluding hydrogens is 515 g/mol. The number of piperidine rings is 1. The predicted molar refractivity (Wildman–Crippen MR) is 133 cm³/mol. The molecule has 0 N–H and O–H groups in total. The maximum atomic E-state index is 13.8. The van der Waals surface area contributed by atoms with Gasteiger partial charge in [-0.3, -0.25) is 7.91 Å². The van der Waals surface area contributed by atoms with Gasteiger partial charge in [-0.2, -0.15) is 0 Å². The number of allylic oxidation sites excluding steroid dienone is 1. The number of fused-ring (bicyclic) bond motifs is 3. The molecular formula is C25H25IN4O2. The highest BCUT2D eigenvalue weighted by Crippen LogP contribution is 2.48. The van der Waals surface area contributed by atoms with E-state index in [0.717, 1.165) is 50.0 Å². The van der Waals surface area contributed by atoms with Crippen molar-refractivity contribution in [1.82, 2.24) is 14.9 Å². The number of benzene rings is 1. The topological polar surface area (TPSA) is 62.5 Å². The van der Waals surface area contributed by atoms with E-state index in [2.05, 4.69) is 79.3 Å². The van der Waals surface area contributed by atoms with E-state index in [1.807, 2.05) is 11.8 Å². The number of nitrogens with zero attached hydrogens (tertiary/aromatic N) is 4. The Bertz CT molecular complexity index is 1270. The van der Waals surface area contributed by atoms with Crippen LogP contribution >= 0.6 is 22.9 Å². The zero-order chi connectivity index (χ0) is 22.1. The SMILES string of the molecule is Cc1oc2ncnc(N(I)C3(C)CC3)c2c1C(=O)N1CCC2(C=Cc3ccccc32)CC1. The summed E-state index contributed by atoms with van der Waals surface area (Å²) in [5.41, 5.74) is 3.93. The van der Waals surface area contributed by atoms with Crippen LogP contribution in [0.25, 0.3) is 17.2 Å². The van der Waals surface area contributed by atoms with Crippen molar-refractivity contribution in [3.05, 3.63) is 59.1 Å². The molecule has 0 bridgehead atoms. The molecule has 2 aliphatic carbocycles. The third-order valence-electron chi connectivity index (χ3n) is 7.51. The lowest BCUT2D eigenvalue weighted by Gasteiger charge is -2.39. The Morgan fingerprint density at radius 1 is 1.16 bits per heavy atom. The summed E-state index contributed by atoms with van der Waals surface area (Å²) in [4.78, 5) is 24.6. The van der Waals surface area contributed by atoms with Gasteiger partial charge >= 0.3 is 0 Å². The second-order valence-electron chi connectivity index (χ2n) is 9.56. The predicted octanol–water partition coefficient (Wildman–Crippen LogP) is 5.44. The molecule has 3 aliphatic rings. The molecule has 0 unspecified atom stereocenters. The Morgan fingerprint density at radius 3 is 2.66 bits per heavy atom. The zero-order valence-electron chi connectivity index (χ0n) is 18.3. The first-order valence-corrected chi connectivity index (χ1v) is 12.2. The summed E-state index contributed by atoms with van der Waals surface area (Å²) in [6.45, 7) is 5.52. The fourth-order valence-electron chi connectivity index (χ4n) is 5.21. The standard InChI is InChI=1S/C25H25IN4O2/c1-16-19(20-21(27-15-28-22(20)32-16)30(26)24(2)9-10-24)23(31)29-13-11-25(12-14-29)8-7-17-5-3-4-6-18(17)25/h3-8,15H,9-14H2,1-2H3. The molecule has 7 heteroatoms. The van der Waals surface area contributed by atoms with Gasteiger partial charge in [-0.15, -0.1) is 0 Å². The summed E-state index contributed by atoms with van der Waals surface area (Å²) in [6, 6.07) is 8.61. The van der Waals surface area contributed by atoms with Crippen LogP contribution < -0.4 is 3.11 Å². The number of likely N-dealkylation sites (tertiary alicyclic amines) is 1. The number of anilines is 1. The number of halogens is 1. The van der Waals surface area contributed by atoms with Crippen molar-refractivity contribution in [3.8, 4) is 0 Å². The Kier molecular flexibility index (Phi) is 4.44. The minimum atomic E-state index is 0.0214. The van der Waals surface area contributed by atoms with Gasteiger partial charge in [0.05, 0.1) is 33.8 Å². The smallest absolute Gasteiger partial charge is 0.258 e. The van der Waals surface area contributed by atoms with E-state index >= 15 is 0 Å². The van der Waals surface area contributed by atoms with Crippen molar-refractivity contribution in [1.29, 1.82) is 0 Å². The van der Waals surface area contributed by atoms with Crippen molar-refractivity contribution in [2.24, 2.45) is 0 Å². The lowest BCUT2D eigenvalue weighted by atomic mass is 9.74. The zero-order valence-corrected chi connectivity index (χ0v) is 20.4. The van der Waals surface area contributed by atoms with Crippen LogP contribution in [0.3, 0.4) is 0 Å². The molecule has 3 heterocycles. The largest absolute Gasteiger partial charge is 0.442 e. The molecule has 1 aliphatic heterocycles. The second-order valence-corrected chi connectivity index (χ2v) is 10.5. The van der Waals surface area contributed by atoms with Gasteiger partial charge in [-0.25, -0.2) is 9.97 Å². The Labute approximate surface area is 201 Å². The lowest BCUT2D eigenvalue weighted by molar-refractivity contribution is 0.0690. The Morgan fingerprint density at radius 2 is 1.91 bits per heavy atom. The highest BCUT2D eigenvalue weighted by Gasteiger charge is 2.45. The number of hydrogen-bond acceptors (Lipinski definition) is 5. The average Bonchev–Trinajstić information content (AvgIpc) is 3.34. The molecule has 1 aromatic carbocycles. The molecule has 2 aromatic heterocycles. The molecule has 32 heavy (non-hydrogen) atoms. The fourth-order valence-corrected chi connectivity index (χ4v) is 6.05. The Balaban J connectivity index is 1.32. The number of carbonyl (C=O) groups excluding carboxylic acids is 1. The number of aryl methyl sites for hydroxylation is 1. The summed E-state index contributed by atoms with van der Waals surface area (Å²) in [6.07, 6.45) is 10.2. The first kappa shape index (κ1) is 20.2. The summed E-state index contributed by atoms with van der Waals surface area (Å²) in [7, 11) is 0. The van der Waals surface area contributed by atoms with Gasteiger partial charge in [0.1, 0.15) is 12.1 Å². The molecule has 1 saturated heterocycles. The molecule has 164 valence electrons. The van der Waals surface area contributed by atoms with Gasteiger partial charge in [-0.1, -0.05) is 36.4 Å². The van der Waals surface area contributed by atoms with Crippen LogP contribution in [0.4, 0.5) is 5.82 Å². The molecule has 6 rings (SSSR count). The number of carbonyl (C=O) groups is 1. The summed E-state index contributed by atoms with van der Waals surface area (Å²) >= 11 is 2.32. The van der Waals surface area contributed by atoms with Crippen molar-refractivity contribution in [2.75, 3.05) is 16.2 Å². The van der Waals surface area contributed by atoms with E-state index in [4.69, 9.17) is 4.42 Å². The quantitative estimate of drug-likeness (QED) is 0.327. The van der Waals surface area contributed by atoms with E-state index in [1.54, 1.807) is 0 Å². The average molecular weight is 540 g/mol. The van der Waals surface area contributed by atoms with Crippen LogP contribution in [-0.2, 0) is 5.41 Å². The van der Waals surface area contributed by atoms with Crippen LogP contribution in [-0.4, -0.2) is 39.4 Å². The van der Waals surface area contributed by atoms with Crippen molar-refractivity contribution >= 4 is 51.8 Å². The van der Waals surface area contributed by atoms with Crippen LogP contribution in [0.15, 0.2) is 41.1 Å². The van der Waals surface area contributed by atoms with Gasteiger partial charge in [0.2, 0.25) is 5.71 Å². The molecule has 0 radical (unpaired) electrons. The number of amides is 1. The summed E-state index contributed by atoms with van der Waals surface area (Å²) < 4.78 is 8.09. The Hall–Kier alpha value is -2.42. The van der Waals surface area contributed by atoms with Gasteiger partial charge < -0.3 is 9.32 Å². The monoisotopic (exact) mass is 540 g/mol. The highest BCUT2D eigenvalue weighted by molar-refractivity contribution is 14.1. The number of furan rings is 1. The normalized spacial score (nSPS) is 20.0. The fraction of sp³-hybridized carbons (Fsp3) is 0.400. The second kappa shape index (κ2) is 7.04. The van der Waals surface area contributed by atoms with Gasteiger partial charge in [-0.05, 0) is 50.7 Å². The minimum absolute atomic E-state index is 0.0214. The molecule has 1 amide bonds. The number of rotatable bonds is 3. The highest BCUT2D eigenvalue weighted by atomic mass is 127. The molecule has 0 atom stereocenters. The van der Waals surface area contributed by atoms with E-state index in [-0.39, 0.29) is 16.9 Å². The maximum Gasteiger partial charge on any atom is 0.258 e. The van der Waals surface area contributed by atoms with Crippen LogP contribution in [0, 0.1) is 6.92 Å². The molecule has 2 fully saturated rings. The molecule has 6 nitrogen and oxygen atoms in total. The van der Waals surface area contributed by atoms with Gasteiger partial charge in [0, 0.05) is 24.0 Å². The van der Waals surface area contributed by atoms with Crippen molar-refractivity contribution in [3.63, 3.8) is 0 Å². The first-order valence-electron chi connectivity index (χ1n) is 11.2. The van der Waals surface area contributed by atoms with Crippen molar-refractivity contribution < 1.29 is 9.21 Å². The number of hydrogen-bond donors (Lipinski definition) is 0. The summed E-state index contributed by atoms with van der Waals surface area (Å²) in [5, 5.41) is 0.740. The van der Waals surface area contributed by atoms with E-state index < -0.39 is 0 Å². The van der Waals surface area contributed by atoms with Crippen LogP contribution in [0.1, 0.15) is 59.9 Å². The third kappa shape index (κ3) is 2.93. The first-order chi connectivity index (χ1) is 15.4. The van der Waals surface area contributed by atoms with E-state index in [9.17, 15) is 4.79 Å². The molecule has 3 aromatic rings. The summed E-state index contributed by atoms with van der Waals surface area (Å²) in [5.74, 6) is 1.41. The number of aromatic nitrogens is 2. The van der Waals surface area contributed by atoms with Crippen LogP contribution in [0.5, 0.6) is 0 Å². The van der Waals surface area contributed by atoms with Crippen molar-refractivity contribution in [2.45, 2.75) is 50.5 Å². The van der Waals surface area contributed by atoms with Gasteiger partial charge in [0.25, 0.3) is 5.91 Å². The molecule has 1 spiro atoms. The third-order valence-corrected chi connectivity index (χ3v) is 9.14.